The van der Waals surface area contributed by atoms with Crippen LogP contribution in [-0.4, -0.2) is 32.3 Å². The molecule has 0 unspecified atom stereocenters. The molecule has 0 saturated heterocycles. The van der Waals surface area contributed by atoms with E-state index in [1.807, 2.05) is 13.2 Å². The van der Waals surface area contributed by atoms with Crippen LogP contribution in [0.15, 0.2) is 18.5 Å². The van der Waals surface area contributed by atoms with Crippen LogP contribution in [0.5, 0.6) is 5.88 Å². The van der Waals surface area contributed by atoms with E-state index >= 15 is 0 Å². The van der Waals surface area contributed by atoms with E-state index in [-0.39, 0.29) is 5.82 Å². The lowest BCUT2D eigenvalue weighted by Crippen LogP contribution is -2.17. The molecule has 3 N–H and O–H groups in total. The van der Waals surface area contributed by atoms with Crippen LogP contribution in [0.25, 0.3) is 0 Å². The van der Waals surface area contributed by atoms with Crippen LogP contribution < -0.4 is 15.8 Å². The molecule has 2 heterocycles. The van der Waals surface area contributed by atoms with Gasteiger partial charge in [-0.2, -0.15) is 10.1 Å². The Morgan fingerprint density at radius 3 is 2.95 bits per heavy atom. The van der Waals surface area contributed by atoms with Crippen molar-refractivity contribution in [1.82, 2.24) is 19.7 Å². The van der Waals surface area contributed by atoms with E-state index in [0.29, 0.717) is 30.8 Å². The third-order valence-corrected chi connectivity index (χ3v) is 3.32. The number of rotatable bonds is 7. The number of ether oxygens (including phenoxy) is 1. The van der Waals surface area contributed by atoms with Gasteiger partial charge < -0.3 is 15.8 Å². The van der Waals surface area contributed by atoms with Crippen LogP contribution in [0.2, 0.25) is 0 Å². The highest BCUT2D eigenvalue weighted by Gasteiger charge is 2.22. The standard InChI is InChI=1S/C14H18N6O2/c1-20-7-10(6-17-20)5-16-11-4-12(22-8-9-2-3-9)19-14(18-11)13(15)21/h4,6-7,9H,2-3,5,8H2,1H3,(H2,15,21)(H,16,18,19). The van der Waals surface area contributed by atoms with E-state index in [9.17, 15) is 4.79 Å². The van der Waals surface area contributed by atoms with E-state index in [2.05, 4.69) is 20.4 Å². The average Bonchev–Trinajstić information content (AvgIpc) is 3.24. The number of nitrogens with one attached hydrogen (secondary N) is 1. The molecule has 0 bridgehead atoms. The normalized spacial score (nSPS) is 13.9. The lowest BCUT2D eigenvalue weighted by atomic mass is 10.3. The number of aryl methyl sites for hydroxylation is 1. The van der Waals surface area contributed by atoms with E-state index < -0.39 is 5.91 Å². The van der Waals surface area contributed by atoms with Crippen LogP contribution >= 0.6 is 0 Å². The van der Waals surface area contributed by atoms with Crippen molar-refractivity contribution in [2.45, 2.75) is 19.4 Å². The number of amides is 1. The topological polar surface area (TPSA) is 108 Å². The first kappa shape index (κ1) is 14.3. The number of primary amides is 1. The van der Waals surface area contributed by atoms with Gasteiger partial charge in [-0.05, 0) is 18.8 Å². The minimum atomic E-state index is -0.679. The summed E-state index contributed by atoms with van der Waals surface area (Å²) >= 11 is 0. The van der Waals surface area contributed by atoms with Gasteiger partial charge in [-0.3, -0.25) is 9.48 Å². The van der Waals surface area contributed by atoms with Gasteiger partial charge in [0.15, 0.2) is 0 Å². The number of carbonyl (C=O) groups excluding carboxylic acids is 1. The summed E-state index contributed by atoms with van der Waals surface area (Å²) in [5.74, 6) is 0.727. The molecule has 1 fully saturated rings. The Bertz CT molecular complexity index is 680. The second-order valence-electron chi connectivity index (χ2n) is 5.41. The van der Waals surface area contributed by atoms with Crippen LogP contribution in [0.3, 0.4) is 0 Å². The summed E-state index contributed by atoms with van der Waals surface area (Å²) < 4.78 is 7.32. The van der Waals surface area contributed by atoms with Gasteiger partial charge in [0.25, 0.3) is 5.91 Å². The van der Waals surface area contributed by atoms with Gasteiger partial charge in [-0.25, -0.2) is 4.98 Å². The van der Waals surface area contributed by atoms with E-state index in [4.69, 9.17) is 10.5 Å². The average molecular weight is 302 g/mol. The maximum Gasteiger partial charge on any atom is 0.286 e. The van der Waals surface area contributed by atoms with Crippen LogP contribution in [0, 0.1) is 5.92 Å². The molecule has 8 heteroatoms. The SMILES string of the molecule is Cn1cc(CNc2cc(OCC3CC3)nc(C(N)=O)n2)cn1. The molecule has 1 amide bonds. The lowest BCUT2D eigenvalue weighted by molar-refractivity contribution is 0.0989. The zero-order valence-electron chi connectivity index (χ0n) is 12.3. The molecule has 22 heavy (non-hydrogen) atoms. The number of nitrogens with zero attached hydrogens (tertiary/aromatic N) is 4. The van der Waals surface area contributed by atoms with Crippen LogP contribution in [0.4, 0.5) is 5.82 Å². The van der Waals surface area contributed by atoms with Gasteiger partial charge >= 0.3 is 0 Å². The number of nitrogens with two attached hydrogens (primary N) is 1. The van der Waals surface area contributed by atoms with E-state index in [1.54, 1.807) is 16.9 Å². The quantitative estimate of drug-likeness (QED) is 0.780. The van der Waals surface area contributed by atoms with Gasteiger partial charge in [0.05, 0.1) is 12.8 Å². The van der Waals surface area contributed by atoms with Gasteiger partial charge in [0.2, 0.25) is 11.7 Å². The predicted molar refractivity (Wildman–Crippen MR) is 79.3 cm³/mol. The molecule has 0 radical (unpaired) electrons. The third kappa shape index (κ3) is 3.72. The molecule has 2 aromatic rings. The summed E-state index contributed by atoms with van der Waals surface area (Å²) in [5, 5.41) is 7.21. The fourth-order valence-electron chi connectivity index (χ4n) is 1.94. The lowest BCUT2D eigenvalue weighted by Gasteiger charge is -2.09. The summed E-state index contributed by atoms with van der Waals surface area (Å²) in [6, 6.07) is 1.67. The molecular formula is C14H18N6O2. The molecule has 8 nitrogen and oxygen atoms in total. The minimum Gasteiger partial charge on any atom is -0.477 e. The summed E-state index contributed by atoms with van der Waals surface area (Å²) in [6.07, 6.45) is 6.02. The Morgan fingerprint density at radius 1 is 1.50 bits per heavy atom. The molecule has 0 atom stereocenters. The monoisotopic (exact) mass is 302 g/mol. The summed E-state index contributed by atoms with van der Waals surface area (Å²) in [5.41, 5.74) is 6.27. The van der Waals surface area contributed by atoms with Gasteiger partial charge in [0, 0.05) is 31.4 Å². The molecule has 0 aromatic carbocycles. The summed E-state index contributed by atoms with van der Waals surface area (Å²) in [7, 11) is 1.85. The van der Waals surface area contributed by atoms with Gasteiger partial charge in [0.1, 0.15) is 5.82 Å². The van der Waals surface area contributed by atoms with Crippen molar-refractivity contribution in [2.24, 2.45) is 18.7 Å². The Kier molecular flexibility index (Phi) is 3.90. The molecule has 0 spiro atoms. The largest absolute Gasteiger partial charge is 0.477 e. The van der Waals surface area contributed by atoms with Crippen molar-refractivity contribution >= 4 is 11.7 Å². The maximum absolute atomic E-state index is 11.3. The highest BCUT2D eigenvalue weighted by atomic mass is 16.5. The van der Waals surface area contributed by atoms with Crippen molar-refractivity contribution in [3.05, 3.63) is 29.8 Å². The predicted octanol–water partition coefficient (Wildman–Crippen LogP) is 0.710. The highest BCUT2D eigenvalue weighted by molar-refractivity contribution is 5.89. The van der Waals surface area contributed by atoms with Crippen LogP contribution in [-0.2, 0) is 13.6 Å². The fourth-order valence-corrected chi connectivity index (χ4v) is 1.94. The molecule has 1 saturated carbocycles. The Hall–Kier alpha value is -2.64. The second kappa shape index (κ2) is 6.00. The molecule has 1 aliphatic rings. The van der Waals surface area contributed by atoms with Crippen molar-refractivity contribution in [2.75, 3.05) is 11.9 Å². The number of carbonyl (C=O) groups is 1. The molecule has 116 valence electrons. The Morgan fingerprint density at radius 2 is 2.32 bits per heavy atom. The van der Waals surface area contributed by atoms with Crippen molar-refractivity contribution in [3.8, 4) is 5.88 Å². The Labute approximate surface area is 127 Å². The summed E-state index contributed by atoms with van der Waals surface area (Å²) in [4.78, 5) is 19.5. The van der Waals surface area contributed by atoms with Crippen molar-refractivity contribution in [3.63, 3.8) is 0 Å². The summed E-state index contributed by atoms with van der Waals surface area (Å²) in [6.45, 7) is 1.14. The molecular weight excluding hydrogens is 284 g/mol. The number of anilines is 1. The van der Waals surface area contributed by atoms with Crippen molar-refractivity contribution in [1.29, 1.82) is 0 Å². The maximum atomic E-state index is 11.3. The molecule has 1 aliphatic carbocycles. The molecule has 0 aliphatic heterocycles. The number of aromatic nitrogens is 4. The first-order chi connectivity index (χ1) is 10.6. The second-order valence-corrected chi connectivity index (χ2v) is 5.41. The first-order valence-corrected chi connectivity index (χ1v) is 7.13. The van der Waals surface area contributed by atoms with Gasteiger partial charge in [-0.15, -0.1) is 0 Å². The fraction of sp³-hybridized carbons (Fsp3) is 0.429. The van der Waals surface area contributed by atoms with E-state index in [1.165, 1.54) is 12.8 Å². The smallest absolute Gasteiger partial charge is 0.286 e. The molecule has 2 aromatic heterocycles. The minimum absolute atomic E-state index is 0.0537. The third-order valence-electron chi connectivity index (χ3n) is 3.32. The molecule has 3 rings (SSSR count). The zero-order chi connectivity index (χ0) is 15.5. The number of hydrogen-bond acceptors (Lipinski definition) is 6. The van der Waals surface area contributed by atoms with Gasteiger partial charge in [-0.1, -0.05) is 0 Å². The van der Waals surface area contributed by atoms with Crippen LogP contribution in [0.1, 0.15) is 29.0 Å². The van der Waals surface area contributed by atoms with E-state index in [0.717, 1.165) is 5.56 Å². The Balaban J connectivity index is 1.71. The first-order valence-electron chi connectivity index (χ1n) is 7.13. The van der Waals surface area contributed by atoms with Crippen molar-refractivity contribution < 1.29 is 9.53 Å². The number of hydrogen-bond donors (Lipinski definition) is 2. The zero-order valence-corrected chi connectivity index (χ0v) is 12.3. The highest BCUT2D eigenvalue weighted by Crippen LogP contribution is 2.29.